The average molecular weight is 396 g/mol. The molecule has 0 unspecified atom stereocenters. The van der Waals surface area contributed by atoms with Crippen LogP contribution in [0.25, 0.3) is 5.69 Å². The van der Waals surface area contributed by atoms with E-state index in [4.69, 9.17) is 11.6 Å². The summed E-state index contributed by atoms with van der Waals surface area (Å²) in [7, 11) is 0. The lowest BCUT2D eigenvalue weighted by Crippen LogP contribution is -2.05. The zero-order valence-electron chi connectivity index (χ0n) is 16.4. The Hall–Kier alpha value is -2.92. The number of aromatic nitrogens is 1. The standard InChI is InChI=1S/C22H22ClN3O2/c1-5-17-8-6-7-14(2)22(17)25-15(3)11-18(16(25)4)13-24-19-9-10-20(23)21(12-19)26(27)28/h6-13H,5H2,1-4H3. The maximum atomic E-state index is 11.1. The molecule has 0 amide bonds. The SMILES string of the molecule is CCc1cccc(C)c1-n1c(C)cc(C=Nc2ccc(Cl)c([N+](=O)[O-])c2)c1C. The summed E-state index contributed by atoms with van der Waals surface area (Å²) in [6, 6.07) is 13.0. The topological polar surface area (TPSA) is 60.4 Å². The van der Waals surface area contributed by atoms with Gasteiger partial charge in [0, 0.05) is 29.2 Å². The van der Waals surface area contributed by atoms with Crippen molar-refractivity contribution in [3.8, 4) is 5.69 Å². The van der Waals surface area contributed by atoms with Crippen LogP contribution in [0.5, 0.6) is 0 Å². The van der Waals surface area contributed by atoms with Gasteiger partial charge in [0.2, 0.25) is 0 Å². The van der Waals surface area contributed by atoms with E-state index in [-0.39, 0.29) is 10.7 Å². The summed E-state index contributed by atoms with van der Waals surface area (Å²) in [6.07, 6.45) is 2.70. The summed E-state index contributed by atoms with van der Waals surface area (Å²) in [5.74, 6) is 0. The van der Waals surface area contributed by atoms with Crippen LogP contribution in [0.15, 0.2) is 47.5 Å². The van der Waals surface area contributed by atoms with Gasteiger partial charge in [-0.3, -0.25) is 15.1 Å². The van der Waals surface area contributed by atoms with Gasteiger partial charge in [-0.15, -0.1) is 0 Å². The third-order valence-electron chi connectivity index (χ3n) is 4.88. The Morgan fingerprint density at radius 2 is 1.93 bits per heavy atom. The summed E-state index contributed by atoms with van der Waals surface area (Å²) in [6.45, 7) is 8.41. The quantitative estimate of drug-likeness (QED) is 0.290. The molecule has 1 heterocycles. The van der Waals surface area contributed by atoms with Crippen molar-refractivity contribution in [2.24, 2.45) is 4.99 Å². The van der Waals surface area contributed by atoms with E-state index in [9.17, 15) is 10.1 Å². The molecule has 0 atom stereocenters. The van der Waals surface area contributed by atoms with Crippen LogP contribution < -0.4 is 0 Å². The van der Waals surface area contributed by atoms with Gasteiger partial charge in [0.15, 0.2) is 0 Å². The molecule has 6 heteroatoms. The Kier molecular flexibility index (Phi) is 5.66. The summed E-state index contributed by atoms with van der Waals surface area (Å²) in [5, 5.41) is 11.2. The van der Waals surface area contributed by atoms with Gasteiger partial charge in [-0.1, -0.05) is 36.7 Å². The van der Waals surface area contributed by atoms with Crippen molar-refractivity contribution < 1.29 is 4.92 Å². The molecule has 5 nitrogen and oxygen atoms in total. The fourth-order valence-corrected chi connectivity index (χ4v) is 3.64. The summed E-state index contributed by atoms with van der Waals surface area (Å²) < 4.78 is 2.25. The molecule has 0 aliphatic rings. The van der Waals surface area contributed by atoms with E-state index in [1.54, 1.807) is 12.3 Å². The van der Waals surface area contributed by atoms with Crippen LogP contribution in [0.3, 0.4) is 0 Å². The van der Waals surface area contributed by atoms with Crippen molar-refractivity contribution in [1.29, 1.82) is 0 Å². The Balaban J connectivity index is 2.03. The number of aryl methyl sites for hydroxylation is 3. The smallest absolute Gasteiger partial charge is 0.290 e. The van der Waals surface area contributed by atoms with Crippen LogP contribution in [-0.4, -0.2) is 15.7 Å². The normalized spacial score (nSPS) is 11.3. The Bertz CT molecular complexity index is 1080. The second-order valence-corrected chi connectivity index (χ2v) is 7.16. The van der Waals surface area contributed by atoms with Gasteiger partial charge >= 0.3 is 0 Å². The van der Waals surface area contributed by atoms with Crippen molar-refractivity contribution in [1.82, 2.24) is 4.57 Å². The minimum Gasteiger partial charge on any atom is -0.317 e. The zero-order chi connectivity index (χ0) is 20.4. The molecular weight excluding hydrogens is 374 g/mol. The number of aliphatic imine (C=N–C) groups is 1. The van der Waals surface area contributed by atoms with Gasteiger partial charge < -0.3 is 4.57 Å². The number of halogens is 1. The van der Waals surface area contributed by atoms with Gasteiger partial charge in [-0.2, -0.15) is 0 Å². The predicted octanol–water partition coefficient (Wildman–Crippen LogP) is 6.28. The van der Waals surface area contributed by atoms with Gasteiger partial charge in [-0.25, -0.2) is 0 Å². The van der Waals surface area contributed by atoms with Crippen molar-refractivity contribution in [3.05, 3.63) is 85.7 Å². The molecular formula is C22H22ClN3O2. The minimum atomic E-state index is -0.502. The number of para-hydroxylation sites is 1. The molecule has 0 saturated heterocycles. The number of nitro benzene ring substituents is 1. The van der Waals surface area contributed by atoms with Gasteiger partial charge in [0.05, 0.1) is 16.3 Å². The van der Waals surface area contributed by atoms with Crippen molar-refractivity contribution in [2.75, 3.05) is 0 Å². The summed E-state index contributed by atoms with van der Waals surface area (Å²) in [4.78, 5) is 15.0. The number of nitrogens with zero attached hydrogens (tertiary/aromatic N) is 3. The number of benzene rings is 2. The number of rotatable bonds is 5. The highest BCUT2D eigenvalue weighted by atomic mass is 35.5. The number of hydrogen-bond donors (Lipinski definition) is 0. The maximum absolute atomic E-state index is 11.1. The molecule has 0 fully saturated rings. The Morgan fingerprint density at radius 1 is 1.18 bits per heavy atom. The molecule has 144 valence electrons. The van der Waals surface area contributed by atoms with E-state index in [0.29, 0.717) is 5.69 Å². The van der Waals surface area contributed by atoms with E-state index in [1.165, 1.54) is 28.9 Å². The molecule has 0 aliphatic carbocycles. The van der Waals surface area contributed by atoms with E-state index in [2.05, 4.69) is 61.5 Å². The molecule has 3 aromatic rings. The second kappa shape index (κ2) is 7.98. The second-order valence-electron chi connectivity index (χ2n) is 6.75. The lowest BCUT2D eigenvalue weighted by atomic mass is 10.1. The molecule has 28 heavy (non-hydrogen) atoms. The highest BCUT2D eigenvalue weighted by Gasteiger charge is 2.15. The third kappa shape index (κ3) is 3.71. The Labute approximate surface area is 169 Å². The highest BCUT2D eigenvalue weighted by molar-refractivity contribution is 6.32. The van der Waals surface area contributed by atoms with Crippen LogP contribution in [0.1, 0.15) is 35.0 Å². The molecule has 1 aromatic heterocycles. The first-order valence-corrected chi connectivity index (χ1v) is 9.47. The van der Waals surface area contributed by atoms with Crippen molar-refractivity contribution >= 4 is 29.2 Å². The molecule has 3 rings (SSSR count). The summed E-state index contributed by atoms with van der Waals surface area (Å²) in [5.41, 5.74) is 7.23. The van der Waals surface area contributed by atoms with Gasteiger partial charge in [-0.05, 0) is 56.5 Å². The lowest BCUT2D eigenvalue weighted by Gasteiger charge is -2.17. The third-order valence-corrected chi connectivity index (χ3v) is 5.19. The van der Waals surface area contributed by atoms with E-state index in [0.717, 1.165) is 23.4 Å². The van der Waals surface area contributed by atoms with E-state index >= 15 is 0 Å². The van der Waals surface area contributed by atoms with Crippen molar-refractivity contribution in [3.63, 3.8) is 0 Å². The van der Waals surface area contributed by atoms with Crippen LogP contribution >= 0.6 is 11.6 Å². The van der Waals surface area contributed by atoms with E-state index in [1.807, 2.05) is 0 Å². The van der Waals surface area contributed by atoms with Crippen molar-refractivity contribution in [2.45, 2.75) is 34.1 Å². The largest absolute Gasteiger partial charge is 0.317 e. The predicted molar refractivity (Wildman–Crippen MR) is 115 cm³/mol. The van der Waals surface area contributed by atoms with Crippen LogP contribution in [0, 0.1) is 30.9 Å². The molecule has 2 aromatic carbocycles. The molecule has 0 spiro atoms. The molecule has 0 aliphatic heterocycles. The zero-order valence-corrected chi connectivity index (χ0v) is 17.1. The maximum Gasteiger partial charge on any atom is 0.290 e. The minimum absolute atomic E-state index is 0.105. The average Bonchev–Trinajstić information content (AvgIpc) is 2.94. The summed E-state index contributed by atoms with van der Waals surface area (Å²) >= 11 is 5.87. The fraction of sp³-hybridized carbons (Fsp3) is 0.227. The van der Waals surface area contributed by atoms with Crippen LogP contribution in [-0.2, 0) is 6.42 Å². The van der Waals surface area contributed by atoms with Gasteiger partial charge in [0.25, 0.3) is 5.69 Å². The number of nitro groups is 1. The molecule has 0 saturated carbocycles. The highest BCUT2D eigenvalue weighted by Crippen LogP contribution is 2.30. The van der Waals surface area contributed by atoms with Crippen LogP contribution in [0.4, 0.5) is 11.4 Å². The molecule has 0 N–H and O–H groups in total. The first kappa shape index (κ1) is 19.8. The van der Waals surface area contributed by atoms with E-state index < -0.39 is 4.92 Å². The first-order valence-electron chi connectivity index (χ1n) is 9.09. The first-order chi connectivity index (χ1) is 13.3. The molecule has 0 radical (unpaired) electrons. The van der Waals surface area contributed by atoms with Gasteiger partial charge in [0.1, 0.15) is 5.02 Å². The van der Waals surface area contributed by atoms with Crippen LogP contribution in [0.2, 0.25) is 5.02 Å². The monoisotopic (exact) mass is 395 g/mol. The number of hydrogen-bond acceptors (Lipinski definition) is 3. The lowest BCUT2D eigenvalue weighted by molar-refractivity contribution is -0.384. The molecule has 0 bridgehead atoms. The fourth-order valence-electron chi connectivity index (χ4n) is 3.45. The Morgan fingerprint density at radius 3 is 2.61 bits per heavy atom.